The van der Waals surface area contributed by atoms with Crippen LogP contribution in [0.2, 0.25) is 5.02 Å². The average molecular weight is 196 g/mol. The van der Waals surface area contributed by atoms with E-state index in [9.17, 15) is 0 Å². The van der Waals surface area contributed by atoms with Gasteiger partial charge in [0.2, 0.25) is 0 Å². The molecule has 0 saturated heterocycles. The Morgan fingerprint density at radius 3 is 3.00 bits per heavy atom. The van der Waals surface area contributed by atoms with Crippen molar-refractivity contribution in [1.82, 2.24) is 0 Å². The van der Waals surface area contributed by atoms with Gasteiger partial charge in [-0.2, -0.15) is 0 Å². The lowest BCUT2D eigenvalue weighted by atomic mass is 10.0. The molecule has 1 aliphatic rings. The molecule has 0 fully saturated rings. The van der Waals surface area contributed by atoms with Gasteiger partial charge in [0, 0.05) is 17.3 Å². The third-order valence-electron chi connectivity index (χ3n) is 2.51. The zero-order chi connectivity index (χ0) is 9.10. The van der Waals surface area contributed by atoms with Crippen LogP contribution >= 0.6 is 11.6 Å². The predicted molar refractivity (Wildman–Crippen MR) is 57.5 cm³/mol. The van der Waals surface area contributed by atoms with Gasteiger partial charge in [0.25, 0.3) is 0 Å². The maximum atomic E-state index is 5.94. The van der Waals surface area contributed by atoms with Gasteiger partial charge in [0.15, 0.2) is 0 Å². The molecule has 2 heteroatoms. The maximum absolute atomic E-state index is 5.94. The lowest BCUT2D eigenvalue weighted by Gasteiger charge is -2.15. The molecular formula is C11H14ClN. The summed E-state index contributed by atoms with van der Waals surface area (Å²) in [7, 11) is 0. The second-order valence-electron chi connectivity index (χ2n) is 3.54. The SMILES string of the molecule is Clc1ccc2c(c1)CCCCCN2. The fraction of sp³-hybridized carbons (Fsp3) is 0.455. The van der Waals surface area contributed by atoms with E-state index >= 15 is 0 Å². The first-order valence-electron chi connectivity index (χ1n) is 4.88. The minimum atomic E-state index is 0.848. The zero-order valence-corrected chi connectivity index (χ0v) is 8.40. The third kappa shape index (κ3) is 2.16. The Hall–Kier alpha value is -0.690. The third-order valence-corrected chi connectivity index (χ3v) is 2.74. The highest BCUT2D eigenvalue weighted by atomic mass is 35.5. The number of hydrogen-bond donors (Lipinski definition) is 1. The van der Waals surface area contributed by atoms with Crippen LogP contribution in [0.25, 0.3) is 0 Å². The molecule has 1 nitrogen and oxygen atoms in total. The Morgan fingerprint density at radius 1 is 1.15 bits per heavy atom. The Kier molecular flexibility index (Phi) is 2.74. The molecule has 1 aliphatic heterocycles. The summed E-state index contributed by atoms with van der Waals surface area (Å²) in [6, 6.07) is 6.12. The zero-order valence-electron chi connectivity index (χ0n) is 7.65. The van der Waals surface area contributed by atoms with Crippen molar-refractivity contribution < 1.29 is 0 Å². The molecule has 1 N–H and O–H groups in total. The molecule has 70 valence electrons. The van der Waals surface area contributed by atoms with Crippen molar-refractivity contribution in [3.05, 3.63) is 28.8 Å². The quantitative estimate of drug-likeness (QED) is 0.669. The molecule has 13 heavy (non-hydrogen) atoms. The van der Waals surface area contributed by atoms with E-state index in [1.54, 1.807) is 0 Å². The van der Waals surface area contributed by atoms with Gasteiger partial charge in [-0.1, -0.05) is 18.0 Å². The summed E-state index contributed by atoms with van der Waals surface area (Å²) in [5.41, 5.74) is 2.64. The second kappa shape index (κ2) is 4.01. The van der Waals surface area contributed by atoms with Gasteiger partial charge in [0.1, 0.15) is 0 Å². The maximum Gasteiger partial charge on any atom is 0.0410 e. The number of hydrogen-bond acceptors (Lipinski definition) is 1. The number of halogens is 1. The summed E-state index contributed by atoms with van der Waals surface area (Å²) in [6.07, 6.45) is 5.04. The van der Waals surface area contributed by atoms with E-state index in [0.29, 0.717) is 0 Å². The van der Waals surface area contributed by atoms with E-state index in [1.165, 1.54) is 30.5 Å². The first-order valence-corrected chi connectivity index (χ1v) is 5.26. The molecule has 2 rings (SSSR count). The van der Waals surface area contributed by atoms with Crippen LogP contribution in [0, 0.1) is 0 Å². The summed E-state index contributed by atoms with van der Waals surface area (Å²) in [6.45, 7) is 1.09. The Labute approximate surface area is 84.1 Å². The molecule has 0 bridgehead atoms. The van der Waals surface area contributed by atoms with Gasteiger partial charge in [-0.3, -0.25) is 0 Å². The van der Waals surface area contributed by atoms with Crippen LogP contribution in [0.1, 0.15) is 24.8 Å². The summed E-state index contributed by atoms with van der Waals surface area (Å²) in [5.74, 6) is 0. The molecule has 1 aromatic rings. The van der Waals surface area contributed by atoms with Crippen LogP contribution in [0.3, 0.4) is 0 Å². The van der Waals surface area contributed by atoms with Gasteiger partial charge in [-0.15, -0.1) is 0 Å². The lowest BCUT2D eigenvalue weighted by Crippen LogP contribution is -2.07. The fourth-order valence-electron chi connectivity index (χ4n) is 1.78. The number of rotatable bonds is 0. The van der Waals surface area contributed by atoms with E-state index in [4.69, 9.17) is 11.6 Å². The van der Waals surface area contributed by atoms with E-state index in [-0.39, 0.29) is 0 Å². The van der Waals surface area contributed by atoms with Crippen molar-refractivity contribution in [2.75, 3.05) is 11.9 Å². The van der Waals surface area contributed by atoms with Crippen LogP contribution in [0.15, 0.2) is 18.2 Å². The van der Waals surface area contributed by atoms with Crippen molar-refractivity contribution in [2.24, 2.45) is 0 Å². The monoisotopic (exact) mass is 195 g/mol. The van der Waals surface area contributed by atoms with Gasteiger partial charge in [-0.05, 0) is 43.0 Å². The molecule has 0 aliphatic carbocycles. The predicted octanol–water partition coefficient (Wildman–Crippen LogP) is 3.48. The molecular weight excluding hydrogens is 182 g/mol. The standard InChI is InChI=1S/C11H14ClN/c12-10-5-6-11-9(8-10)4-2-1-3-7-13-11/h5-6,8,13H,1-4,7H2. The lowest BCUT2D eigenvalue weighted by molar-refractivity contribution is 0.686. The first-order chi connectivity index (χ1) is 6.36. The molecule has 0 saturated carbocycles. The van der Waals surface area contributed by atoms with Gasteiger partial charge < -0.3 is 5.32 Å². The van der Waals surface area contributed by atoms with Gasteiger partial charge >= 0.3 is 0 Å². The highest BCUT2D eigenvalue weighted by Crippen LogP contribution is 2.24. The normalized spacial score (nSPS) is 16.7. The fourth-order valence-corrected chi connectivity index (χ4v) is 1.98. The van der Waals surface area contributed by atoms with Crippen molar-refractivity contribution >= 4 is 17.3 Å². The van der Waals surface area contributed by atoms with E-state index in [0.717, 1.165) is 18.0 Å². The van der Waals surface area contributed by atoms with Crippen molar-refractivity contribution in [3.8, 4) is 0 Å². The molecule has 1 heterocycles. The highest BCUT2D eigenvalue weighted by molar-refractivity contribution is 6.30. The Balaban J connectivity index is 2.28. The van der Waals surface area contributed by atoms with Crippen LogP contribution in [-0.2, 0) is 6.42 Å². The van der Waals surface area contributed by atoms with E-state index in [2.05, 4.69) is 17.4 Å². The smallest absolute Gasteiger partial charge is 0.0410 e. The molecule has 0 atom stereocenters. The second-order valence-corrected chi connectivity index (χ2v) is 3.98. The van der Waals surface area contributed by atoms with Crippen molar-refractivity contribution in [1.29, 1.82) is 0 Å². The molecule has 0 spiro atoms. The highest BCUT2D eigenvalue weighted by Gasteiger charge is 2.05. The minimum Gasteiger partial charge on any atom is -0.385 e. The molecule has 0 radical (unpaired) electrons. The Morgan fingerprint density at radius 2 is 2.08 bits per heavy atom. The van der Waals surface area contributed by atoms with E-state index in [1.807, 2.05) is 6.07 Å². The van der Waals surface area contributed by atoms with Crippen molar-refractivity contribution in [3.63, 3.8) is 0 Å². The molecule has 0 amide bonds. The number of aryl methyl sites for hydroxylation is 1. The van der Waals surface area contributed by atoms with Gasteiger partial charge in [-0.25, -0.2) is 0 Å². The summed E-state index contributed by atoms with van der Waals surface area (Å²) >= 11 is 5.94. The number of fused-ring (bicyclic) bond motifs is 1. The van der Waals surface area contributed by atoms with Crippen LogP contribution in [-0.4, -0.2) is 6.54 Å². The largest absolute Gasteiger partial charge is 0.385 e. The molecule has 0 aromatic heterocycles. The first kappa shape index (κ1) is 8.89. The Bertz CT molecular complexity index is 296. The summed E-state index contributed by atoms with van der Waals surface area (Å²) in [5, 5.41) is 4.28. The summed E-state index contributed by atoms with van der Waals surface area (Å²) in [4.78, 5) is 0. The average Bonchev–Trinajstić information content (AvgIpc) is 2.08. The van der Waals surface area contributed by atoms with Crippen LogP contribution in [0.5, 0.6) is 0 Å². The van der Waals surface area contributed by atoms with Crippen molar-refractivity contribution in [2.45, 2.75) is 25.7 Å². The number of anilines is 1. The molecule has 1 aromatic carbocycles. The van der Waals surface area contributed by atoms with E-state index < -0.39 is 0 Å². The van der Waals surface area contributed by atoms with Crippen LogP contribution < -0.4 is 5.32 Å². The topological polar surface area (TPSA) is 12.0 Å². The molecule has 0 unspecified atom stereocenters. The number of benzene rings is 1. The minimum absolute atomic E-state index is 0.848. The van der Waals surface area contributed by atoms with Crippen LogP contribution in [0.4, 0.5) is 5.69 Å². The van der Waals surface area contributed by atoms with Gasteiger partial charge in [0.05, 0.1) is 0 Å². The summed E-state index contributed by atoms with van der Waals surface area (Å²) < 4.78 is 0. The number of nitrogens with one attached hydrogen (secondary N) is 1.